The van der Waals surface area contributed by atoms with E-state index in [1.807, 2.05) is 31.2 Å². The van der Waals surface area contributed by atoms with Crippen molar-refractivity contribution in [2.45, 2.75) is 13.8 Å². The fraction of sp³-hybridized carbons (Fsp3) is 0.0909. The molecule has 0 radical (unpaired) electrons. The molecule has 3 aromatic rings. The minimum Gasteiger partial charge on any atom is -0.326 e. The number of nitrogens with one attached hydrogen (secondary N) is 2. The number of aromatic nitrogens is 1. The summed E-state index contributed by atoms with van der Waals surface area (Å²) in [6, 6.07) is 16.0. The highest BCUT2D eigenvalue weighted by atomic mass is 35.5. The predicted octanol–water partition coefficient (Wildman–Crippen LogP) is 4.70. The number of nitriles is 1. The Morgan fingerprint density at radius 2 is 1.76 bits per heavy atom. The van der Waals surface area contributed by atoms with Crippen LogP contribution in [0.2, 0.25) is 5.15 Å². The minimum absolute atomic E-state index is 0.105. The van der Waals surface area contributed by atoms with E-state index < -0.39 is 5.91 Å². The number of halogens is 1. The summed E-state index contributed by atoms with van der Waals surface area (Å²) in [5.74, 6) is -0.757. The Morgan fingerprint density at radius 3 is 2.38 bits per heavy atom. The van der Waals surface area contributed by atoms with Gasteiger partial charge >= 0.3 is 0 Å². The lowest BCUT2D eigenvalue weighted by atomic mass is 10.1. The molecule has 2 N–H and O–H groups in total. The van der Waals surface area contributed by atoms with E-state index in [1.54, 1.807) is 30.3 Å². The summed E-state index contributed by atoms with van der Waals surface area (Å²) in [6.07, 6.45) is 1.41. The fourth-order valence-corrected chi connectivity index (χ4v) is 2.98. The summed E-state index contributed by atoms with van der Waals surface area (Å²) in [5, 5.41) is 15.8. The van der Waals surface area contributed by atoms with E-state index in [9.17, 15) is 14.9 Å². The number of benzene rings is 2. The van der Waals surface area contributed by atoms with Crippen LogP contribution in [0.15, 0.2) is 54.1 Å². The first-order chi connectivity index (χ1) is 13.9. The number of hydrogen-bond donors (Lipinski definition) is 2. The van der Waals surface area contributed by atoms with Crippen molar-refractivity contribution in [2.24, 2.45) is 0 Å². The van der Waals surface area contributed by atoms with Gasteiger partial charge < -0.3 is 10.6 Å². The molecule has 0 bridgehead atoms. The van der Waals surface area contributed by atoms with Gasteiger partial charge in [0.2, 0.25) is 5.91 Å². The van der Waals surface area contributed by atoms with Crippen LogP contribution in [0.5, 0.6) is 0 Å². The van der Waals surface area contributed by atoms with Gasteiger partial charge in [0.1, 0.15) is 16.8 Å². The van der Waals surface area contributed by atoms with Crippen LogP contribution in [0.25, 0.3) is 17.0 Å². The van der Waals surface area contributed by atoms with Crippen LogP contribution in [0, 0.1) is 18.3 Å². The summed E-state index contributed by atoms with van der Waals surface area (Å²) in [5.41, 5.74) is 3.24. The first-order valence-corrected chi connectivity index (χ1v) is 9.12. The van der Waals surface area contributed by atoms with Crippen molar-refractivity contribution in [3.8, 4) is 6.07 Å². The molecule has 0 aliphatic heterocycles. The minimum atomic E-state index is -0.569. The molecule has 29 heavy (non-hydrogen) atoms. The van der Waals surface area contributed by atoms with E-state index >= 15 is 0 Å². The summed E-state index contributed by atoms with van der Waals surface area (Å²) in [7, 11) is 0. The highest BCUT2D eigenvalue weighted by molar-refractivity contribution is 6.31. The summed E-state index contributed by atoms with van der Waals surface area (Å²) >= 11 is 6.27. The van der Waals surface area contributed by atoms with Crippen molar-refractivity contribution in [1.82, 2.24) is 4.98 Å². The third-order valence-corrected chi connectivity index (χ3v) is 4.46. The average molecular weight is 405 g/mol. The number of fused-ring (bicyclic) bond motifs is 1. The zero-order valence-electron chi connectivity index (χ0n) is 15.8. The number of anilines is 2. The molecule has 6 nitrogen and oxygen atoms in total. The quantitative estimate of drug-likeness (QED) is 0.374. The van der Waals surface area contributed by atoms with Crippen LogP contribution in [0.4, 0.5) is 11.4 Å². The lowest BCUT2D eigenvalue weighted by Gasteiger charge is -2.07. The van der Waals surface area contributed by atoms with Crippen molar-refractivity contribution >= 4 is 51.8 Å². The standard InChI is InChI=1S/C22H17ClN4O2/c1-13-4-3-5-15-10-16(21(23)27-20(13)15)11-17(12-24)22(29)26-19-8-6-18(7-9-19)25-14(2)28/h3-11H,1-2H3,(H,25,28)(H,26,29)/b17-11+. The average Bonchev–Trinajstić information content (AvgIpc) is 2.68. The molecule has 0 saturated heterocycles. The molecule has 1 aromatic heterocycles. The number of rotatable bonds is 4. The van der Waals surface area contributed by atoms with Gasteiger partial charge in [0.15, 0.2) is 0 Å². The van der Waals surface area contributed by atoms with Crippen LogP contribution in [-0.4, -0.2) is 16.8 Å². The second-order valence-corrected chi connectivity index (χ2v) is 6.76. The Labute approximate surface area is 172 Å². The Hall–Kier alpha value is -3.69. The number of hydrogen-bond acceptors (Lipinski definition) is 4. The third kappa shape index (κ3) is 4.78. The molecule has 144 valence electrons. The van der Waals surface area contributed by atoms with Crippen LogP contribution in [-0.2, 0) is 9.59 Å². The number of nitrogens with zero attached hydrogens (tertiary/aromatic N) is 2. The number of amides is 2. The largest absolute Gasteiger partial charge is 0.326 e. The van der Waals surface area contributed by atoms with Gasteiger partial charge in [-0.15, -0.1) is 0 Å². The van der Waals surface area contributed by atoms with Crippen molar-refractivity contribution in [3.63, 3.8) is 0 Å². The molecule has 0 unspecified atom stereocenters. The summed E-state index contributed by atoms with van der Waals surface area (Å²) in [4.78, 5) is 28.0. The fourth-order valence-electron chi connectivity index (χ4n) is 2.78. The van der Waals surface area contributed by atoms with E-state index in [0.717, 1.165) is 16.5 Å². The number of para-hydroxylation sites is 1. The molecule has 1 heterocycles. The SMILES string of the molecule is CC(=O)Nc1ccc(NC(=O)/C(C#N)=C/c2cc3cccc(C)c3nc2Cl)cc1. The van der Waals surface area contributed by atoms with Gasteiger partial charge in [-0.1, -0.05) is 29.8 Å². The van der Waals surface area contributed by atoms with Crippen molar-refractivity contribution in [3.05, 3.63) is 70.4 Å². The van der Waals surface area contributed by atoms with E-state index in [1.165, 1.54) is 13.0 Å². The lowest BCUT2D eigenvalue weighted by Crippen LogP contribution is -2.13. The Morgan fingerprint density at radius 1 is 1.10 bits per heavy atom. The Balaban J connectivity index is 1.85. The van der Waals surface area contributed by atoms with E-state index in [2.05, 4.69) is 15.6 Å². The maximum atomic E-state index is 12.5. The molecule has 3 rings (SSSR count). The Kier molecular flexibility index (Phi) is 5.91. The number of pyridine rings is 1. The number of carbonyl (C=O) groups excluding carboxylic acids is 2. The van der Waals surface area contributed by atoms with Crippen molar-refractivity contribution in [1.29, 1.82) is 5.26 Å². The smallest absolute Gasteiger partial charge is 0.266 e. The van der Waals surface area contributed by atoms with Crippen LogP contribution in [0.1, 0.15) is 18.1 Å². The summed E-state index contributed by atoms with van der Waals surface area (Å²) < 4.78 is 0. The van der Waals surface area contributed by atoms with E-state index in [0.29, 0.717) is 16.9 Å². The van der Waals surface area contributed by atoms with Gasteiger partial charge in [-0.2, -0.15) is 5.26 Å². The van der Waals surface area contributed by atoms with Crippen molar-refractivity contribution in [2.75, 3.05) is 10.6 Å². The normalized spacial score (nSPS) is 11.0. The molecule has 0 aliphatic carbocycles. The predicted molar refractivity (Wildman–Crippen MR) is 114 cm³/mol. The van der Waals surface area contributed by atoms with Gasteiger partial charge in [-0.3, -0.25) is 9.59 Å². The molecular formula is C22H17ClN4O2. The lowest BCUT2D eigenvalue weighted by molar-refractivity contribution is -0.114. The highest BCUT2D eigenvalue weighted by Gasteiger charge is 2.12. The molecule has 7 heteroatoms. The summed E-state index contributed by atoms with van der Waals surface area (Å²) in [6.45, 7) is 3.35. The van der Waals surface area contributed by atoms with Gasteiger partial charge in [-0.05, 0) is 48.9 Å². The molecular weight excluding hydrogens is 388 g/mol. The van der Waals surface area contributed by atoms with E-state index in [-0.39, 0.29) is 16.6 Å². The van der Waals surface area contributed by atoms with Gasteiger partial charge in [0, 0.05) is 29.2 Å². The highest BCUT2D eigenvalue weighted by Crippen LogP contribution is 2.25. The first kappa shape index (κ1) is 20.1. The van der Waals surface area contributed by atoms with Crippen LogP contribution in [0.3, 0.4) is 0 Å². The van der Waals surface area contributed by atoms with Gasteiger partial charge in [-0.25, -0.2) is 4.98 Å². The molecule has 0 fully saturated rings. The molecule has 2 aromatic carbocycles. The molecule has 0 saturated carbocycles. The zero-order chi connectivity index (χ0) is 21.0. The van der Waals surface area contributed by atoms with Gasteiger partial charge in [0.05, 0.1) is 5.52 Å². The second-order valence-electron chi connectivity index (χ2n) is 6.40. The molecule has 0 aliphatic rings. The zero-order valence-corrected chi connectivity index (χ0v) is 16.5. The number of aryl methyl sites for hydroxylation is 1. The Bertz CT molecular complexity index is 1180. The molecule has 0 spiro atoms. The maximum Gasteiger partial charge on any atom is 0.266 e. The van der Waals surface area contributed by atoms with Crippen LogP contribution >= 0.6 is 11.6 Å². The first-order valence-electron chi connectivity index (χ1n) is 8.74. The second kappa shape index (κ2) is 8.55. The monoisotopic (exact) mass is 404 g/mol. The number of carbonyl (C=O) groups is 2. The van der Waals surface area contributed by atoms with Crippen molar-refractivity contribution < 1.29 is 9.59 Å². The van der Waals surface area contributed by atoms with Gasteiger partial charge in [0.25, 0.3) is 5.91 Å². The molecule has 2 amide bonds. The van der Waals surface area contributed by atoms with E-state index in [4.69, 9.17) is 11.6 Å². The molecule has 0 atom stereocenters. The topological polar surface area (TPSA) is 94.9 Å². The maximum absolute atomic E-state index is 12.5. The van der Waals surface area contributed by atoms with Crippen LogP contribution < -0.4 is 10.6 Å². The third-order valence-electron chi connectivity index (χ3n) is 4.16.